The van der Waals surface area contributed by atoms with Crippen molar-refractivity contribution >= 4 is 21.7 Å². The first-order valence-electron chi connectivity index (χ1n) is 8.90. The van der Waals surface area contributed by atoms with E-state index in [1.807, 2.05) is 0 Å². The van der Waals surface area contributed by atoms with Crippen LogP contribution in [-0.2, 0) is 23.1 Å². The van der Waals surface area contributed by atoms with Gasteiger partial charge in [0.1, 0.15) is 0 Å². The first-order valence-corrected chi connectivity index (χ1v) is 9.70. The summed E-state index contributed by atoms with van der Waals surface area (Å²) < 4.78 is 146. The number of alkyl halides is 10. The highest BCUT2D eigenvalue weighted by atomic mass is 79.9. The fourth-order valence-electron chi connectivity index (χ4n) is 2.82. The average Bonchev–Trinajstić information content (AvgIpc) is 2.66. The van der Waals surface area contributed by atoms with Gasteiger partial charge in [-0.3, -0.25) is 4.79 Å². The van der Waals surface area contributed by atoms with E-state index in [-0.39, 0.29) is 6.07 Å². The van der Waals surface area contributed by atoms with E-state index in [1.165, 1.54) is 0 Å². The third-order valence-corrected chi connectivity index (χ3v) is 5.16. The molecule has 0 unspecified atom stereocenters. The maximum absolute atomic E-state index is 14.3. The third kappa shape index (κ3) is 5.99. The minimum Gasteiger partial charge on any atom is -0.400 e. The van der Waals surface area contributed by atoms with Crippen molar-refractivity contribution in [3.05, 3.63) is 69.1 Å². The van der Waals surface area contributed by atoms with Gasteiger partial charge < -0.3 is 5.73 Å². The van der Waals surface area contributed by atoms with Crippen LogP contribution in [0.1, 0.15) is 30.0 Å². The van der Waals surface area contributed by atoms with Crippen LogP contribution < -0.4 is 5.73 Å². The highest BCUT2D eigenvalue weighted by Gasteiger charge is 2.73. The molecule has 1 aromatic carbocycles. The smallest absolute Gasteiger partial charge is 0.400 e. The number of hydrogen-bond acceptors (Lipinski definition) is 2. The van der Waals surface area contributed by atoms with Crippen molar-refractivity contribution in [2.75, 3.05) is 0 Å². The maximum Gasteiger partial charge on any atom is 0.435 e. The number of nitrogens with two attached hydrogens (primary N) is 1. The van der Waals surface area contributed by atoms with Crippen molar-refractivity contribution in [3.63, 3.8) is 0 Å². The number of rotatable bonds is 7. The zero-order valence-electron chi connectivity index (χ0n) is 17.0. The monoisotopic (exact) mass is 573 g/mol. The Bertz CT molecular complexity index is 999. The molecule has 0 atom stereocenters. The lowest BCUT2D eigenvalue weighted by atomic mass is 9.89. The van der Waals surface area contributed by atoms with E-state index in [0.717, 1.165) is 19.1 Å². The highest BCUT2D eigenvalue weighted by Crippen LogP contribution is 2.54. The first kappa shape index (κ1) is 29.7. The van der Waals surface area contributed by atoms with Crippen molar-refractivity contribution < 1.29 is 53.1 Å². The maximum atomic E-state index is 14.3. The Morgan fingerprint density at radius 1 is 1.03 bits per heavy atom. The second kappa shape index (κ2) is 10.1. The Labute approximate surface area is 194 Å². The first-order chi connectivity index (χ1) is 15.2. The largest absolute Gasteiger partial charge is 0.435 e. The Balaban J connectivity index is 3.64. The van der Waals surface area contributed by atoms with Gasteiger partial charge in [-0.15, -0.1) is 0 Å². The second-order valence-corrected chi connectivity index (χ2v) is 7.73. The van der Waals surface area contributed by atoms with E-state index in [1.54, 1.807) is 0 Å². The number of carbonyl (C=O) groups excluding carboxylic acids is 1. The molecule has 0 saturated carbocycles. The van der Waals surface area contributed by atoms with Crippen LogP contribution in [0.3, 0.4) is 0 Å². The Hall–Kier alpha value is -2.38. The molecule has 14 heteroatoms. The third-order valence-electron chi connectivity index (χ3n) is 4.45. The van der Waals surface area contributed by atoms with Gasteiger partial charge in [0.25, 0.3) is 0 Å². The highest BCUT2D eigenvalue weighted by molar-refractivity contribution is 9.10. The molecule has 2 nitrogen and oxygen atoms in total. The van der Waals surface area contributed by atoms with Crippen LogP contribution in [0, 0.1) is 0 Å². The summed E-state index contributed by atoms with van der Waals surface area (Å²) in [5.74, 6) is -2.29. The minimum absolute atomic E-state index is 0.0962. The van der Waals surface area contributed by atoms with Crippen LogP contribution in [0.2, 0.25) is 0 Å². The summed E-state index contributed by atoms with van der Waals surface area (Å²) in [6.45, 7) is 4.33. The lowest BCUT2D eigenvalue weighted by molar-refractivity contribution is -0.348. The predicted molar refractivity (Wildman–Crippen MR) is 104 cm³/mol. The van der Waals surface area contributed by atoms with Crippen molar-refractivity contribution in [2.45, 2.75) is 44.0 Å². The second-order valence-electron chi connectivity index (χ2n) is 6.87. The summed E-state index contributed by atoms with van der Waals surface area (Å²) in [7, 11) is 0. The van der Waals surface area contributed by atoms with E-state index in [9.17, 15) is 53.1 Å². The molecule has 0 aliphatic heterocycles. The number of hydrogen-bond donors (Lipinski definition) is 1. The molecule has 0 fully saturated rings. The van der Waals surface area contributed by atoms with Crippen molar-refractivity contribution in [1.29, 1.82) is 0 Å². The van der Waals surface area contributed by atoms with Crippen LogP contribution in [0.25, 0.3) is 0 Å². The quantitative estimate of drug-likeness (QED) is 0.208. The van der Waals surface area contributed by atoms with Crippen LogP contribution in [0.4, 0.5) is 48.3 Å². The molecule has 34 heavy (non-hydrogen) atoms. The fraction of sp³-hybridized carbons (Fsp3) is 0.350. The van der Waals surface area contributed by atoms with E-state index >= 15 is 0 Å². The van der Waals surface area contributed by atoms with Crippen LogP contribution in [0.5, 0.6) is 0 Å². The summed E-state index contributed by atoms with van der Waals surface area (Å²) in [5, 5.41) is 0. The molecule has 1 aromatic rings. The van der Waals surface area contributed by atoms with Crippen LogP contribution in [-0.4, -0.2) is 18.1 Å². The summed E-state index contributed by atoms with van der Waals surface area (Å²) >= 11 is 2.44. The summed E-state index contributed by atoms with van der Waals surface area (Å²) in [6, 6.07) is -0.711. The van der Waals surface area contributed by atoms with Gasteiger partial charge in [-0.05, 0) is 37.1 Å². The van der Waals surface area contributed by atoms with E-state index in [2.05, 4.69) is 22.5 Å². The van der Waals surface area contributed by atoms with Gasteiger partial charge in [-0.1, -0.05) is 28.6 Å². The lowest BCUT2D eigenvalue weighted by Crippen LogP contribution is -2.50. The predicted octanol–water partition coefficient (Wildman–Crippen LogP) is 7.53. The number of ketones is 1. The molecule has 0 aliphatic carbocycles. The van der Waals surface area contributed by atoms with E-state index in [4.69, 9.17) is 5.73 Å². The zero-order valence-corrected chi connectivity index (χ0v) is 18.5. The minimum atomic E-state index is -6.64. The molecule has 0 spiro atoms. The van der Waals surface area contributed by atoms with Gasteiger partial charge in [0.05, 0.1) is 11.1 Å². The van der Waals surface area contributed by atoms with Crippen molar-refractivity contribution in [2.24, 2.45) is 5.73 Å². The van der Waals surface area contributed by atoms with Crippen molar-refractivity contribution in [1.82, 2.24) is 0 Å². The van der Waals surface area contributed by atoms with E-state index in [0.29, 0.717) is 0 Å². The number of carbonyl (C=O) groups is 1. The Morgan fingerprint density at radius 2 is 1.53 bits per heavy atom. The van der Waals surface area contributed by atoms with Gasteiger partial charge in [-0.2, -0.15) is 39.5 Å². The Morgan fingerprint density at radius 3 is 1.91 bits per heavy atom. The van der Waals surface area contributed by atoms with Crippen LogP contribution >= 0.6 is 15.9 Å². The van der Waals surface area contributed by atoms with Gasteiger partial charge in [0.2, 0.25) is 0 Å². The number of allylic oxidation sites excluding steroid dienone is 5. The molecule has 0 radical (unpaired) electrons. The normalized spacial score (nSPS) is 14.7. The molecule has 0 amide bonds. The summed E-state index contributed by atoms with van der Waals surface area (Å²) in [5.41, 5.74) is -7.31. The molecular weight excluding hydrogens is 559 g/mol. The number of Topliss-reactive ketones (excluding diaryl/α,β-unsaturated/α-hetero) is 1. The lowest BCUT2D eigenvalue weighted by Gasteiger charge is -2.31. The number of benzene rings is 1. The topological polar surface area (TPSA) is 43.1 Å². The molecular formula is C20H15BrF11NO. The Kier molecular flexibility index (Phi) is 8.79. The van der Waals surface area contributed by atoms with Crippen molar-refractivity contribution in [3.8, 4) is 0 Å². The average molecular weight is 574 g/mol. The van der Waals surface area contributed by atoms with Gasteiger partial charge >= 0.3 is 24.2 Å². The van der Waals surface area contributed by atoms with E-state index < -0.39 is 87.1 Å². The molecule has 2 N–H and O–H groups in total. The van der Waals surface area contributed by atoms with Gasteiger partial charge in [0, 0.05) is 22.2 Å². The summed E-state index contributed by atoms with van der Waals surface area (Å²) in [4.78, 5) is 12.3. The number of halogens is 12. The molecule has 0 heterocycles. The van der Waals surface area contributed by atoms with Gasteiger partial charge in [0.15, 0.2) is 11.6 Å². The van der Waals surface area contributed by atoms with Gasteiger partial charge in [-0.25, -0.2) is 8.78 Å². The molecule has 190 valence electrons. The van der Waals surface area contributed by atoms with Crippen LogP contribution in [0.15, 0.2) is 52.4 Å². The summed E-state index contributed by atoms with van der Waals surface area (Å²) in [6.07, 6.45) is -18.7. The molecule has 0 saturated heterocycles. The molecule has 0 aliphatic rings. The molecule has 0 bridgehead atoms. The zero-order chi connectivity index (χ0) is 26.9. The SMILES string of the molecule is C=C/C=C(C(=O)CCc1c(Br)cc(C(F)(C(F)(F)F)C(F)(F)F)cc1C(F)(F)F)\C(F)=C(/C)N. The molecule has 0 aromatic heterocycles. The fourth-order valence-corrected chi connectivity index (χ4v) is 3.48. The molecule has 1 rings (SSSR count). The standard InChI is InChI=1S/C20H15BrF11NO/c1-3-4-12(16(22)9(2)33)15(34)6-5-11-13(18(24,25)26)7-10(8-14(11)21)17(23,19(27,28)29)20(30,31)32/h3-4,7-8H,1,5-6,33H2,2H3/b12-4-,16-9-.